The Hall–Kier alpha value is -1.76. The minimum atomic E-state index is -4.54. The molecule has 8 heteroatoms. The van der Waals surface area contributed by atoms with Gasteiger partial charge in [0.05, 0.1) is 29.3 Å². The first-order chi connectivity index (χ1) is 9.74. The lowest BCUT2D eigenvalue weighted by Gasteiger charge is -2.19. The molecule has 0 bridgehead atoms. The predicted octanol–water partition coefficient (Wildman–Crippen LogP) is 2.88. The molecule has 1 aromatic rings. The maximum Gasteiger partial charge on any atom is 0.416 e. The quantitative estimate of drug-likeness (QED) is 0.787. The topological polar surface area (TPSA) is 46.6 Å². The fourth-order valence-corrected chi connectivity index (χ4v) is 2.38. The highest BCUT2D eigenvalue weighted by atomic mass is 35.5. The standard InChI is InChI=1S/C13H11ClF3NO3/c1-21-12(20)7-4-11(19)18(6-7)10-5-8(13(15,16)17)2-3-9(10)14/h2-3,5,7H,4,6H2,1H3/t7-/m0/s1. The zero-order valence-corrected chi connectivity index (χ0v) is 11.7. The molecule has 1 heterocycles. The molecule has 1 atom stereocenters. The summed E-state index contributed by atoms with van der Waals surface area (Å²) in [5.41, 5.74) is -0.959. The fraction of sp³-hybridized carbons (Fsp3) is 0.385. The molecule has 1 aromatic carbocycles. The van der Waals surface area contributed by atoms with Crippen molar-refractivity contribution in [1.82, 2.24) is 0 Å². The van der Waals surface area contributed by atoms with Crippen LogP contribution in [-0.2, 0) is 20.5 Å². The molecule has 114 valence electrons. The van der Waals surface area contributed by atoms with Crippen LogP contribution in [0.25, 0.3) is 0 Å². The molecular formula is C13H11ClF3NO3. The number of benzene rings is 1. The van der Waals surface area contributed by atoms with Crippen molar-refractivity contribution in [3.63, 3.8) is 0 Å². The second-order valence-electron chi connectivity index (χ2n) is 4.59. The molecule has 1 amide bonds. The molecule has 0 saturated carbocycles. The van der Waals surface area contributed by atoms with Crippen LogP contribution in [0.4, 0.5) is 18.9 Å². The fourth-order valence-electron chi connectivity index (χ4n) is 2.16. The van der Waals surface area contributed by atoms with Gasteiger partial charge in [-0.25, -0.2) is 0 Å². The second kappa shape index (κ2) is 5.55. The van der Waals surface area contributed by atoms with Gasteiger partial charge in [0.2, 0.25) is 5.91 Å². The first kappa shape index (κ1) is 15.6. The van der Waals surface area contributed by atoms with E-state index in [4.69, 9.17) is 11.6 Å². The lowest BCUT2D eigenvalue weighted by molar-refractivity contribution is -0.145. The third kappa shape index (κ3) is 3.12. The van der Waals surface area contributed by atoms with Crippen LogP contribution in [0.5, 0.6) is 0 Å². The summed E-state index contributed by atoms with van der Waals surface area (Å²) < 4.78 is 42.7. The van der Waals surface area contributed by atoms with Crippen LogP contribution in [0.3, 0.4) is 0 Å². The van der Waals surface area contributed by atoms with Gasteiger partial charge in [-0.3, -0.25) is 9.59 Å². The monoisotopic (exact) mass is 321 g/mol. The maximum atomic E-state index is 12.7. The van der Waals surface area contributed by atoms with E-state index in [0.29, 0.717) is 0 Å². The van der Waals surface area contributed by atoms with E-state index in [1.54, 1.807) is 0 Å². The van der Waals surface area contributed by atoms with Gasteiger partial charge in [0.15, 0.2) is 0 Å². The Kier molecular flexibility index (Phi) is 4.13. The Balaban J connectivity index is 2.34. The molecule has 0 spiro atoms. The zero-order chi connectivity index (χ0) is 15.8. The molecule has 1 fully saturated rings. The first-order valence-electron chi connectivity index (χ1n) is 5.99. The van der Waals surface area contributed by atoms with Gasteiger partial charge in [0.25, 0.3) is 0 Å². The van der Waals surface area contributed by atoms with Crippen LogP contribution in [0, 0.1) is 5.92 Å². The van der Waals surface area contributed by atoms with Crippen LogP contribution >= 0.6 is 11.6 Å². The van der Waals surface area contributed by atoms with E-state index in [-0.39, 0.29) is 23.7 Å². The second-order valence-corrected chi connectivity index (χ2v) is 5.00. The summed E-state index contributed by atoms with van der Waals surface area (Å²) >= 11 is 5.88. The summed E-state index contributed by atoms with van der Waals surface area (Å²) in [5, 5.41) is 0.0156. The van der Waals surface area contributed by atoms with Gasteiger partial charge in [-0.05, 0) is 18.2 Å². The molecule has 0 radical (unpaired) electrons. The van der Waals surface area contributed by atoms with Gasteiger partial charge in [0, 0.05) is 13.0 Å². The number of ether oxygens (including phenoxy) is 1. The molecule has 4 nitrogen and oxygen atoms in total. The number of halogens is 4. The number of amides is 1. The van der Waals surface area contributed by atoms with Crippen molar-refractivity contribution in [2.45, 2.75) is 12.6 Å². The van der Waals surface area contributed by atoms with E-state index in [0.717, 1.165) is 23.1 Å². The summed E-state index contributed by atoms with van der Waals surface area (Å²) in [4.78, 5) is 24.4. The van der Waals surface area contributed by atoms with E-state index in [9.17, 15) is 22.8 Å². The number of hydrogen-bond donors (Lipinski definition) is 0. The number of carbonyl (C=O) groups excluding carboxylic acids is 2. The van der Waals surface area contributed by atoms with Gasteiger partial charge < -0.3 is 9.64 Å². The summed E-state index contributed by atoms with van der Waals surface area (Å²) in [6.07, 6.45) is -4.65. The van der Waals surface area contributed by atoms with Crippen molar-refractivity contribution in [2.75, 3.05) is 18.6 Å². The van der Waals surface area contributed by atoms with Crippen molar-refractivity contribution in [2.24, 2.45) is 5.92 Å². The van der Waals surface area contributed by atoms with Crippen molar-refractivity contribution in [3.05, 3.63) is 28.8 Å². The van der Waals surface area contributed by atoms with Crippen molar-refractivity contribution < 1.29 is 27.5 Å². The maximum absolute atomic E-state index is 12.7. The highest BCUT2D eigenvalue weighted by molar-refractivity contribution is 6.34. The molecule has 1 aliphatic heterocycles. The van der Waals surface area contributed by atoms with Gasteiger partial charge in [-0.1, -0.05) is 11.6 Å². The summed E-state index contributed by atoms with van der Waals surface area (Å²) in [6.45, 7) is -0.0491. The number of carbonyl (C=O) groups is 2. The molecule has 0 N–H and O–H groups in total. The van der Waals surface area contributed by atoms with E-state index in [1.165, 1.54) is 7.11 Å². The number of alkyl halides is 3. The molecule has 1 saturated heterocycles. The zero-order valence-electron chi connectivity index (χ0n) is 10.9. The van der Waals surface area contributed by atoms with Gasteiger partial charge >= 0.3 is 12.1 Å². The predicted molar refractivity (Wildman–Crippen MR) is 68.9 cm³/mol. The van der Waals surface area contributed by atoms with Gasteiger partial charge in [-0.2, -0.15) is 13.2 Å². The largest absolute Gasteiger partial charge is 0.469 e. The lowest BCUT2D eigenvalue weighted by Crippen LogP contribution is -2.26. The normalized spacial score (nSPS) is 19.0. The van der Waals surface area contributed by atoms with Crippen LogP contribution in [0.2, 0.25) is 5.02 Å². The van der Waals surface area contributed by atoms with Crippen molar-refractivity contribution >= 4 is 29.2 Å². The van der Waals surface area contributed by atoms with Crippen molar-refractivity contribution in [3.8, 4) is 0 Å². The van der Waals surface area contributed by atoms with E-state index >= 15 is 0 Å². The third-order valence-electron chi connectivity index (χ3n) is 3.22. The van der Waals surface area contributed by atoms with Crippen LogP contribution in [0.15, 0.2) is 18.2 Å². The van der Waals surface area contributed by atoms with Gasteiger partial charge in [-0.15, -0.1) is 0 Å². The summed E-state index contributed by atoms with van der Waals surface area (Å²) in [5.74, 6) is -1.74. The molecule has 21 heavy (non-hydrogen) atoms. The number of methoxy groups -OCH3 is 1. The average molecular weight is 322 g/mol. The Morgan fingerprint density at radius 1 is 1.43 bits per heavy atom. The van der Waals surface area contributed by atoms with Crippen LogP contribution in [-0.4, -0.2) is 25.5 Å². The van der Waals surface area contributed by atoms with E-state index in [2.05, 4.69) is 4.74 Å². The number of anilines is 1. The van der Waals surface area contributed by atoms with E-state index < -0.39 is 29.5 Å². The number of hydrogen-bond acceptors (Lipinski definition) is 3. The highest BCUT2D eigenvalue weighted by Crippen LogP contribution is 2.37. The summed E-state index contributed by atoms with van der Waals surface area (Å²) in [6, 6.07) is 2.72. The highest BCUT2D eigenvalue weighted by Gasteiger charge is 2.38. The molecule has 0 aromatic heterocycles. The van der Waals surface area contributed by atoms with Crippen LogP contribution in [0.1, 0.15) is 12.0 Å². The first-order valence-corrected chi connectivity index (χ1v) is 6.36. The Labute approximate surface area is 123 Å². The number of rotatable bonds is 2. The molecule has 0 aliphatic carbocycles. The van der Waals surface area contributed by atoms with Gasteiger partial charge in [0.1, 0.15) is 0 Å². The minimum Gasteiger partial charge on any atom is -0.469 e. The Bertz CT molecular complexity index is 589. The average Bonchev–Trinajstić information content (AvgIpc) is 2.79. The summed E-state index contributed by atoms with van der Waals surface area (Å²) in [7, 11) is 1.19. The lowest BCUT2D eigenvalue weighted by atomic mass is 10.1. The third-order valence-corrected chi connectivity index (χ3v) is 3.54. The molecular weight excluding hydrogens is 311 g/mol. The van der Waals surface area contributed by atoms with Crippen LogP contribution < -0.4 is 4.90 Å². The minimum absolute atomic E-state index is 0.0156. The van der Waals surface area contributed by atoms with Crippen molar-refractivity contribution in [1.29, 1.82) is 0 Å². The SMILES string of the molecule is COC(=O)[C@H]1CC(=O)N(c2cc(C(F)(F)F)ccc2Cl)C1. The molecule has 0 unspecified atom stereocenters. The number of esters is 1. The number of nitrogens with zero attached hydrogens (tertiary/aromatic N) is 1. The van der Waals surface area contributed by atoms with E-state index in [1.807, 2.05) is 0 Å². The molecule has 2 rings (SSSR count). The Morgan fingerprint density at radius 2 is 2.10 bits per heavy atom. The smallest absolute Gasteiger partial charge is 0.416 e. The Morgan fingerprint density at radius 3 is 2.67 bits per heavy atom. The molecule has 1 aliphatic rings.